The van der Waals surface area contributed by atoms with E-state index in [9.17, 15) is 14.7 Å². The molecule has 2 aromatic carbocycles. The van der Waals surface area contributed by atoms with Crippen LogP contribution in [0.15, 0.2) is 63.7 Å². The summed E-state index contributed by atoms with van der Waals surface area (Å²) in [6.07, 6.45) is 2.20. The van der Waals surface area contributed by atoms with Crippen molar-refractivity contribution in [2.24, 2.45) is 10.2 Å². The zero-order valence-corrected chi connectivity index (χ0v) is 15.8. The molecular weight excluding hydrogens is 362 g/mol. The molecule has 0 aliphatic carbocycles. The molecule has 1 aliphatic heterocycles. The summed E-state index contributed by atoms with van der Waals surface area (Å²) >= 11 is 0.878. The van der Waals surface area contributed by atoms with Gasteiger partial charge in [-0.3, -0.25) is 14.5 Å². The van der Waals surface area contributed by atoms with Crippen LogP contribution >= 0.6 is 11.8 Å². The lowest BCUT2D eigenvalue weighted by Gasteiger charge is -2.19. The summed E-state index contributed by atoms with van der Waals surface area (Å²) in [6.45, 7) is 3.76. The molecule has 0 spiro atoms. The molecule has 27 heavy (non-hydrogen) atoms. The van der Waals surface area contributed by atoms with Gasteiger partial charge < -0.3 is 5.11 Å². The monoisotopic (exact) mass is 381 g/mol. The van der Waals surface area contributed by atoms with Crippen LogP contribution in [0.2, 0.25) is 0 Å². The molecule has 1 fully saturated rings. The van der Waals surface area contributed by atoms with E-state index in [0.29, 0.717) is 23.4 Å². The number of benzene rings is 2. The first-order chi connectivity index (χ1) is 13.0. The zero-order valence-electron chi connectivity index (χ0n) is 15.0. The van der Waals surface area contributed by atoms with Crippen molar-refractivity contribution in [3.63, 3.8) is 0 Å². The van der Waals surface area contributed by atoms with Crippen LogP contribution in [0.3, 0.4) is 0 Å². The molecule has 0 radical (unpaired) electrons. The smallest absolute Gasteiger partial charge is 0.293 e. The predicted molar refractivity (Wildman–Crippen MR) is 106 cm³/mol. The van der Waals surface area contributed by atoms with Crippen molar-refractivity contribution < 1.29 is 14.7 Å². The first-order valence-corrected chi connectivity index (χ1v) is 9.38. The fourth-order valence-electron chi connectivity index (χ4n) is 2.51. The van der Waals surface area contributed by atoms with Crippen molar-refractivity contribution in [3.8, 4) is 5.75 Å². The largest absolute Gasteiger partial charge is 0.507 e. The van der Waals surface area contributed by atoms with Crippen LogP contribution in [0, 0.1) is 0 Å². The van der Waals surface area contributed by atoms with Gasteiger partial charge in [0.05, 0.1) is 16.3 Å². The van der Waals surface area contributed by atoms with Crippen LogP contribution in [0.1, 0.15) is 25.8 Å². The number of amides is 2. The standard InChI is InChI=1S/C20H19N3O3S/c1-3-13(2)23-19(25)18(27-20(23)26)12-14-11-16(9-10-17(14)24)22-21-15-7-5-4-6-8-15/h4-13,24H,3H2,1-2H3/b18-12+,22-21?/t13-/m1/s1. The van der Waals surface area contributed by atoms with Crippen LogP contribution in [0.25, 0.3) is 6.08 Å². The Balaban J connectivity index is 1.87. The van der Waals surface area contributed by atoms with E-state index >= 15 is 0 Å². The van der Waals surface area contributed by atoms with Crippen molar-refractivity contribution in [3.05, 3.63) is 59.0 Å². The summed E-state index contributed by atoms with van der Waals surface area (Å²) in [7, 11) is 0. The van der Waals surface area contributed by atoms with Gasteiger partial charge in [-0.2, -0.15) is 10.2 Å². The van der Waals surface area contributed by atoms with Gasteiger partial charge in [-0.25, -0.2) is 0 Å². The number of azo groups is 1. The Kier molecular flexibility index (Phi) is 5.71. The summed E-state index contributed by atoms with van der Waals surface area (Å²) in [5.74, 6) is -0.334. The van der Waals surface area contributed by atoms with Gasteiger partial charge in [-0.15, -0.1) is 0 Å². The second-order valence-electron chi connectivity index (χ2n) is 6.09. The van der Waals surface area contributed by atoms with Crippen LogP contribution in [-0.2, 0) is 4.79 Å². The maximum atomic E-state index is 12.5. The van der Waals surface area contributed by atoms with Gasteiger partial charge in [0, 0.05) is 11.6 Å². The van der Waals surface area contributed by atoms with Gasteiger partial charge in [0.25, 0.3) is 11.1 Å². The molecule has 0 saturated carbocycles. The Morgan fingerprint density at radius 1 is 1.11 bits per heavy atom. The van der Waals surface area contributed by atoms with Gasteiger partial charge in [0.2, 0.25) is 0 Å². The lowest BCUT2D eigenvalue weighted by Crippen LogP contribution is -2.36. The van der Waals surface area contributed by atoms with E-state index in [4.69, 9.17) is 0 Å². The minimum Gasteiger partial charge on any atom is -0.507 e. The van der Waals surface area contributed by atoms with Crippen molar-refractivity contribution in [2.75, 3.05) is 0 Å². The van der Waals surface area contributed by atoms with Gasteiger partial charge >= 0.3 is 0 Å². The number of nitrogens with zero attached hydrogens (tertiary/aromatic N) is 3. The minimum atomic E-state index is -0.338. The number of hydrogen-bond donors (Lipinski definition) is 1. The Morgan fingerprint density at radius 2 is 1.81 bits per heavy atom. The molecule has 1 saturated heterocycles. The molecule has 6 nitrogen and oxygen atoms in total. The Hall–Kier alpha value is -2.93. The number of carbonyl (C=O) groups excluding carboxylic acids is 2. The average Bonchev–Trinajstić information content (AvgIpc) is 2.96. The first-order valence-electron chi connectivity index (χ1n) is 8.56. The average molecular weight is 381 g/mol. The molecule has 0 aromatic heterocycles. The lowest BCUT2D eigenvalue weighted by atomic mass is 10.1. The summed E-state index contributed by atoms with van der Waals surface area (Å²) in [4.78, 5) is 26.2. The Labute approximate surface area is 161 Å². The fraction of sp³-hybridized carbons (Fsp3) is 0.200. The van der Waals surface area contributed by atoms with Gasteiger partial charge in [0.1, 0.15) is 5.75 Å². The maximum Gasteiger partial charge on any atom is 0.293 e. The molecule has 3 rings (SSSR count). The highest BCUT2D eigenvalue weighted by atomic mass is 32.2. The molecule has 0 bridgehead atoms. The van der Waals surface area contributed by atoms with Crippen molar-refractivity contribution in [1.29, 1.82) is 0 Å². The van der Waals surface area contributed by atoms with Crippen LogP contribution in [0.4, 0.5) is 16.2 Å². The molecule has 2 aromatic rings. The number of carbonyl (C=O) groups is 2. The van der Waals surface area contributed by atoms with Crippen molar-refractivity contribution in [2.45, 2.75) is 26.3 Å². The molecule has 1 aliphatic rings. The maximum absolute atomic E-state index is 12.5. The molecule has 1 N–H and O–H groups in total. The topological polar surface area (TPSA) is 82.3 Å². The molecule has 138 valence electrons. The number of aromatic hydroxyl groups is 1. The van der Waals surface area contributed by atoms with Gasteiger partial charge in [0.15, 0.2) is 0 Å². The highest BCUT2D eigenvalue weighted by molar-refractivity contribution is 8.18. The summed E-state index contributed by atoms with van der Waals surface area (Å²) in [5.41, 5.74) is 1.65. The number of rotatable bonds is 5. The third-order valence-corrected chi connectivity index (χ3v) is 5.07. The van der Waals surface area contributed by atoms with Crippen LogP contribution in [0.5, 0.6) is 5.75 Å². The van der Waals surface area contributed by atoms with Crippen molar-refractivity contribution >= 4 is 40.4 Å². The Morgan fingerprint density at radius 3 is 2.52 bits per heavy atom. The molecule has 0 unspecified atom stereocenters. The molecule has 1 atom stereocenters. The highest BCUT2D eigenvalue weighted by Gasteiger charge is 2.37. The van der Waals surface area contributed by atoms with E-state index < -0.39 is 0 Å². The lowest BCUT2D eigenvalue weighted by molar-refractivity contribution is -0.124. The van der Waals surface area contributed by atoms with Crippen LogP contribution < -0.4 is 0 Å². The molecular formula is C20H19N3O3S. The minimum absolute atomic E-state index is 0.00370. The first kappa shape index (κ1) is 18.8. The number of phenolic OH excluding ortho intramolecular Hbond substituents is 1. The molecule has 7 heteroatoms. The number of hydrogen-bond acceptors (Lipinski definition) is 6. The third kappa shape index (κ3) is 4.25. The van der Waals surface area contributed by atoms with Gasteiger partial charge in [-0.05, 0) is 61.5 Å². The quantitative estimate of drug-likeness (QED) is 0.536. The fourth-order valence-corrected chi connectivity index (χ4v) is 3.43. The Bertz CT molecular complexity index is 925. The normalized spacial score (nSPS) is 17.3. The van der Waals surface area contributed by atoms with Crippen molar-refractivity contribution in [1.82, 2.24) is 4.90 Å². The van der Waals surface area contributed by atoms with E-state index in [2.05, 4.69) is 10.2 Å². The second kappa shape index (κ2) is 8.18. The van der Waals surface area contributed by atoms with E-state index in [-0.39, 0.29) is 27.8 Å². The van der Waals surface area contributed by atoms with E-state index in [1.165, 1.54) is 17.0 Å². The molecule has 1 heterocycles. The zero-order chi connectivity index (χ0) is 19.4. The number of thioether (sulfide) groups is 1. The molecule has 2 amide bonds. The predicted octanol–water partition coefficient (Wildman–Crippen LogP) is 5.64. The van der Waals surface area contributed by atoms with E-state index in [1.54, 1.807) is 12.1 Å². The summed E-state index contributed by atoms with van der Waals surface area (Å²) in [6, 6.07) is 13.9. The SMILES string of the molecule is CC[C@@H](C)N1C(=O)S/C(=C/c2cc(N=Nc3ccccc3)ccc2O)C1=O. The van der Waals surface area contributed by atoms with E-state index in [0.717, 1.165) is 11.8 Å². The van der Waals surface area contributed by atoms with E-state index in [1.807, 2.05) is 44.2 Å². The number of imide groups is 1. The highest BCUT2D eigenvalue weighted by Crippen LogP contribution is 2.36. The summed E-state index contributed by atoms with van der Waals surface area (Å²) < 4.78 is 0. The number of phenols is 1. The summed E-state index contributed by atoms with van der Waals surface area (Å²) in [5, 5.41) is 18.1. The van der Waals surface area contributed by atoms with Gasteiger partial charge in [-0.1, -0.05) is 25.1 Å². The third-order valence-electron chi connectivity index (χ3n) is 4.19. The van der Waals surface area contributed by atoms with Crippen LogP contribution in [-0.4, -0.2) is 27.2 Å². The second-order valence-corrected chi connectivity index (χ2v) is 7.08.